The molecule has 0 saturated heterocycles. The first-order valence-corrected chi connectivity index (χ1v) is 9.44. The predicted molar refractivity (Wildman–Crippen MR) is 88.4 cm³/mol. The molecule has 0 rings (SSSR count). The number of carbonyl (C=O) groups is 2. The van der Waals surface area contributed by atoms with Gasteiger partial charge in [0.2, 0.25) is 0 Å². The van der Waals surface area contributed by atoms with Gasteiger partial charge in [0.1, 0.15) is 0 Å². The van der Waals surface area contributed by atoms with Crippen molar-refractivity contribution >= 4 is 11.9 Å². The number of rotatable bonds is 16. The van der Waals surface area contributed by atoms with Crippen molar-refractivity contribution in [3.63, 3.8) is 0 Å². The van der Waals surface area contributed by atoms with Gasteiger partial charge in [-0.15, -0.1) is 0 Å². The molecule has 0 amide bonds. The number of carbonyl (C=O) groups excluding carboxylic acids is 2. The third kappa shape index (κ3) is 13.7. The molecule has 0 bridgehead atoms. The van der Waals surface area contributed by atoms with Crippen molar-refractivity contribution in [2.75, 3.05) is 0 Å². The first kappa shape index (κ1) is 30.7. The molecule has 0 fully saturated rings. The molecule has 0 aliphatic rings. The molecule has 0 atom stereocenters. The molecule has 0 aromatic heterocycles. The standard InChI is InChI=1S/C19H36O4.2Na/c1-3-5-7-9-11-13-15-19(17(20)21,18(22)23)16-14-12-10-8-6-4-2;;/h3-16H2,1-2H3,(H,20,21)(H,22,23);;/q;2*+1/p-2. The van der Waals surface area contributed by atoms with E-state index < -0.39 is 17.4 Å². The van der Waals surface area contributed by atoms with Crippen LogP contribution in [0.2, 0.25) is 0 Å². The van der Waals surface area contributed by atoms with Crippen LogP contribution in [-0.2, 0) is 9.59 Å². The number of carboxylic acid groups (broad SMARTS) is 2. The number of carboxylic acids is 2. The molecule has 0 saturated carbocycles. The Labute approximate surface area is 198 Å². The molecule has 4 nitrogen and oxygen atoms in total. The molecule has 0 aromatic rings. The summed E-state index contributed by atoms with van der Waals surface area (Å²) in [4.78, 5) is 22.9. The van der Waals surface area contributed by atoms with Crippen LogP contribution in [0.5, 0.6) is 0 Å². The van der Waals surface area contributed by atoms with Gasteiger partial charge in [-0.05, 0) is 12.8 Å². The minimum Gasteiger partial charge on any atom is -0.549 e. The Balaban J connectivity index is -0.00000242. The van der Waals surface area contributed by atoms with Crippen molar-refractivity contribution in [2.45, 2.75) is 104 Å². The second kappa shape index (κ2) is 19.7. The van der Waals surface area contributed by atoms with Gasteiger partial charge in [0.05, 0.1) is 11.9 Å². The molecule has 0 heterocycles. The molecule has 136 valence electrons. The summed E-state index contributed by atoms with van der Waals surface area (Å²) in [5.41, 5.74) is -1.80. The molecule has 0 radical (unpaired) electrons. The number of unbranched alkanes of at least 4 members (excludes halogenated alkanes) is 10. The molecule has 0 spiro atoms. The first-order valence-electron chi connectivity index (χ1n) is 9.44. The van der Waals surface area contributed by atoms with E-state index in [1.54, 1.807) is 0 Å². The van der Waals surface area contributed by atoms with Crippen LogP contribution in [0.4, 0.5) is 0 Å². The summed E-state index contributed by atoms with van der Waals surface area (Å²) in [7, 11) is 0. The van der Waals surface area contributed by atoms with Crippen LogP contribution >= 0.6 is 0 Å². The first-order chi connectivity index (χ1) is 11.0. The SMILES string of the molecule is CCCCCCCCC(CCCCCCCC)(C(=O)[O-])C(=O)[O-].[Na+].[Na+]. The fourth-order valence-corrected chi connectivity index (χ4v) is 3.03. The Kier molecular flexibility index (Phi) is 24.2. The topological polar surface area (TPSA) is 80.3 Å². The molecule has 0 aliphatic heterocycles. The molecule has 25 heavy (non-hydrogen) atoms. The number of aliphatic carboxylic acids is 2. The molecule has 6 heteroatoms. The smallest absolute Gasteiger partial charge is 0.549 e. The van der Waals surface area contributed by atoms with Gasteiger partial charge in [-0.25, -0.2) is 0 Å². The van der Waals surface area contributed by atoms with E-state index in [0.717, 1.165) is 51.4 Å². The summed E-state index contributed by atoms with van der Waals surface area (Å²) in [6.45, 7) is 4.27. The second-order valence-electron chi connectivity index (χ2n) is 6.69. The van der Waals surface area contributed by atoms with Crippen molar-refractivity contribution < 1.29 is 78.9 Å². The number of hydrogen-bond donors (Lipinski definition) is 0. The average Bonchev–Trinajstić information content (AvgIpc) is 2.51. The minimum absolute atomic E-state index is 0. The molecule has 0 unspecified atom stereocenters. The summed E-state index contributed by atoms with van der Waals surface area (Å²) >= 11 is 0. The van der Waals surface area contributed by atoms with Crippen molar-refractivity contribution in [1.82, 2.24) is 0 Å². The largest absolute Gasteiger partial charge is 1.00 e. The van der Waals surface area contributed by atoms with Gasteiger partial charge in [0.25, 0.3) is 0 Å². The maximum absolute atomic E-state index is 11.5. The van der Waals surface area contributed by atoms with Crippen LogP contribution in [0.3, 0.4) is 0 Å². The van der Waals surface area contributed by atoms with E-state index >= 15 is 0 Å². The molecule has 0 N–H and O–H groups in total. The van der Waals surface area contributed by atoms with Crippen LogP contribution in [0.15, 0.2) is 0 Å². The Morgan fingerprint density at radius 2 is 0.880 bits per heavy atom. The predicted octanol–water partition coefficient (Wildman–Crippen LogP) is -3.02. The summed E-state index contributed by atoms with van der Waals surface area (Å²) in [5.74, 6) is -2.95. The zero-order chi connectivity index (χ0) is 17.6. The summed E-state index contributed by atoms with van der Waals surface area (Å²) < 4.78 is 0. The van der Waals surface area contributed by atoms with Gasteiger partial charge in [0, 0.05) is 5.41 Å². The van der Waals surface area contributed by atoms with Crippen molar-refractivity contribution in [3.05, 3.63) is 0 Å². The van der Waals surface area contributed by atoms with Crippen LogP contribution in [0.25, 0.3) is 0 Å². The Morgan fingerprint density at radius 3 is 1.16 bits per heavy atom. The zero-order valence-corrected chi connectivity index (χ0v) is 21.0. The Hall–Kier alpha value is 0.940. The second-order valence-corrected chi connectivity index (χ2v) is 6.69. The third-order valence-corrected chi connectivity index (χ3v) is 4.70. The number of hydrogen-bond acceptors (Lipinski definition) is 4. The van der Waals surface area contributed by atoms with Crippen LogP contribution in [0, 0.1) is 5.41 Å². The van der Waals surface area contributed by atoms with E-state index in [1.165, 1.54) is 12.8 Å². The molecule has 0 aromatic carbocycles. The van der Waals surface area contributed by atoms with Crippen LogP contribution in [-0.4, -0.2) is 11.9 Å². The van der Waals surface area contributed by atoms with Crippen LogP contribution in [0.1, 0.15) is 104 Å². The van der Waals surface area contributed by atoms with E-state index in [0.29, 0.717) is 12.8 Å². The average molecular weight is 372 g/mol. The summed E-state index contributed by atoms with van der Waals surface area (Å²) in [6, 6.07) is 0. The minimum atomic E-state index is -1.80. The van der Waals surface area contributed by atoms with E-state index in [4.69, 9.17) is 0 Å². The van der Waals surface area contributed by atoms with E-state index in [2.05, 4.69) is 13.8 Å². The van der Waals surface area contributed by atoms with Gasteiger partial charge >= 0.3 is 59.1 Å². The van der Waals surface area contributed by atoms with Crippen molar-refractivity contribution in [2.24, 2.45) is 5.41 Å². The van der Waals surface area contributed by atoms with Gasteiger partial charge in [0.15, 0.2) is 0 Å². The van der Waals surface area contributed by atoms with Crippen molar-refractivity contribution in [1.29, 1.82) is 0 Å². The molecular formula is C19H34Na2O4. The zero-order valence-electron chi connectivity index (χ0n) is 17.0. The van der Waals surface area contributed by atoms with Crippen LogP contribution < -0.4 is 69.3 Å². The maximum Gasteiger partial charge on any atom is 1.00 e. The van der Waals surface area contributed by atoms with Crippen molar-refractivity contribution in [3.8, 4) is 0 Å². The quantitative estimate of drug-likeness (QED) is 0.164. The van der Waals surface area contributed by atoms with E-state index in [1.807, 2.05) is 0 Å². The fraction of sp³-hybridized carbons (Fsp3) is 0.895. The van der Waals surface area contributed by atoms with Gasteiger partial charge in [-0.3, -0.25) is 0 Å². The molecule has 0 aliphatic carbocycles. The Morgan fingerprint density at radius 1 is 0.600 bits per heavy atom. The molecular weight excluding hydrogens is 338 g/mol. The van der Waals surface area contributed by atoms with E-state index in [9.17, 15) is 19.8 Å². The van der Waals surface area contributed by atoms with Gasteiger partial charge in [-0.1, -0.05) is 90.9 Å². The maximum atomic E-state index is 11.5. The monoisotopic (exact) mass is 372 g/mol. The summed E-state index contributed by atoms with van der Waals surface area (Å²) in [5, 5.41) is 22.9. The van der Waals surface area contributed by atoms with E-state index in [-0.39, 0.29) is 72.0 Å². The normalized spacial score (nSPS) is 10.6. The summed E-state index contributed by atoms with van der Waals surface area (Å²) in [6.07, 6.45) is 12.2. The third-order valence-electron chi connectivity index (χ3n) is 4.70. The Bertz CT molecular complexity index is 303. The van der Waals surface area contributed by atoms with Gasteiger partial charge in [-0.2, -0.15) is 0 Å². The van der Waals surface area contributed by atoms with Gasteiger partial charge < -0.3 is 19.8 Å². The fourth-order valence-electron chi connectivity index (χ4n) is 3.03.